The number of aromatic nitrogens is 2. The standard InChI is InChI=1S/C21H19ClN4O/c1-14-11-19(25-21(23-14)24-18-8-4-7-17(22)12-18)20(27)26-10-9-15-5-2-3-6-16(15)13-26/h2-8,11-12H,9-10,13H2,1H3,(H,23,24,25). The number of rotatable bonds is 3. The number of nitrogens with one attached hydrogen (secondary N) is 1. The molecular weight excluding hydrogens is 360 g/mol. The van der Waals surface area contributed by atoms with Crippen molar-refractivity contribution < 1.29 is 4.79 Å². The molecule has 2 aromatic carbocycles. The maximum absolute atomic E-state index is 13.0. The van der Waals surface area contributed by atoms with E-state index in [2.05, 4.69) is 27.4 Å². The van der Waals surface area contributed by atoms with Gasteiger partial charge >= 0.3 is 0 Å². The van der Waals surface area contributed by atoms with Crippen molar-refractivity contribution in [2.45, 2.75) is 19.9 Å². The van der Waals surface area contributed by atoms with E-state index in [1.807, 2.05) is 36.1 Å². The first-order valence-electron chi connectivity index (χ1n) is 8.83. The van der Waals surface area contributed by atoms with Crippen molar-refractivity contribution in [3.05, 3.63) is 82.1 Å². The number of aryl methyl sites for hydroxylation is 1. The SMILES string of the molecule is Cc1cc(C(=O)N2CCc3ccccc3C2)nc(Nc2cccc(Cl)c2)n1. The minimum atomic E-state index is -0.0795. The van der Waals surface area contributed by atoms with Gasteiger partial charge in [0.25, 0.3) is 5.91 Å². The van der Waals surface area contributed by atoms with Gasteiger partial charge in [-0.3, -0.25) is 4.79 Å². The van der Waals surface area contributed by atoms with Gasteiger partial charge in [-0.2, -0.15) is 0 Å². The zero-order valence-electron chi connectivity index (χ0n) is 14.9. The highest BCUT2D eigenvalue weighted by atomic mass is 35.5. The summed E-state index contributed by atoms with van der Waals surface area (Å²) in [6, 6.07) is 17.3. The third-order valence-corrected chi connectivity index (χ3v) is 4.81. The molecular formula is C21H19ClN4O. The van der Waals surface area contributed by atoms with Crippen molar-refractivity contribution in [2.24, 2.45) is 0 Å². The van der Waals surface area contributed by atoms with Crippen LogP contribution in [0.25, 0.3) is 0 Å². The van der Waals surface area contributed by atoms with E-state index in [0.717, 1.165) is 17.8 Å². The maximum Gasteiger partial charge on any atom is 0.272 e. The third-order valence-electron chi connectivity index (χ3n) is 4.57. The van der Waals surface area contributed by atoms with Crippen LogP contribution in [0, 0.1) is 6.92 Å². The quantitative estimate of drug-likeness (QED) is 0.734. The number of carbonyl (C=O) groups is 1. The lowest BCUT2D eigenvalue weighted by molar-refractivity contribution is 0.0728. The van der Waals surface area contributed by atoms with Crippen LogP contribution < -0.4 is 5.32 Å². The minimum Gasteiger partial charge on any atom is -0.333 e. The third kappa shape index (κ3) is 3.93. The zero-order valence-corrected chi connectivity index (χ0v) is 15.7. The maximum atomic E-state index is 13.0. The molecule has 0 saturated heterocycles. The van der Waals surface area contributed by atoms with Gasteiger partial charge in [0.2, 0.25) is 5.95 Å². The first kappa shape index (κ1) is 17.5. The summed E-state index contributed by atoms with van der Waals surface area (Å²) in [6.45, 7) is 3.15. The van der Waals surface area contributed by atoms with Crippen LogP contribution in [-0.2, 0) is 13.0 Å². The number of fused-ring (bicyclic) bond motifs is 1. The summed E-state index contributed by atoms with van der Waals surface area (Å²) in [5, 5.41) is 3.74. The molecule has 1 aliphatic heterocycles. The van der Waals surface area contributed by atoms with Crippen molar-refractivity contribution in [1.82, 2.24) is 14.9 Å². The molecule has 27 heavy (non-hydrogen) atoms. The zero-order chi connectivity index (χ0) is 18.8. The number of anilines is 2. The van der Waals surface area contributed by atoms with Gasteiger partial charge in [0.15, 0.2) is 0 Å². The van der Waals surface area contributed by atoms with Crippen molar-refractivity contribution in [3.8, 4) is 0 Å². The molecule has 1 aromatic heterocycles. The highest BCUT2D eigenvalue weighted by molar-refractivity contribution is 6.30. The average molecular weight is 379 g/mol. The lowest BCUT2D eigenvalue weighted by atomic mass is 10.00. The minimum absolute atomic E-state index is 0.0795. The average Bonchev–Trinajstić information content (AvgIpc) is 2.66. The van der Waals surface area contributed by atoms with Crippen LogP contribution in [0.2, 0.25) is 5.02 Å². The predicted molar refractivity (Wildman–Crippen MR) is 106 cm³/mol. The van der Waals surface area contributed by atoms with Crippen LogP contribution in [0.5, 0.6) is 0 Å². The fourth-order valence-electron chi connectivity index (χ4n) is 3.26. The predicted octanol–water partition coefficient (Wildman–Crippen LogP) is 4.38. The second kappa shape index (κ2) is 7.37. The Morgan fingerprint density at radius 2 is 1.89 bits per heavy atom. The molecule has 0 spiro atoms. The molecule has 0 aliphatic carbocycles. The Hall–Kier alpha value is -2.92. The molecule has 5 nitrogen and oxygen atoms in total. The van der Waals surface area contributed by atoms with E-state index in [1.165, 1.54) is 11.1 Å². The fourth-order valence-corrected chi connectivity index (χ4v) is 3.45. The number of hydrogen-bond acceptors (Lipinski definition) is 4. The highest BCUT2D eigenvalue weighted by Gasteiger charge is 2.23. The summed E-state index contributed by atoms with van der Waals surface area (Å²) >= 11 is 6.03. The smallest absolute Gasteiger partial charge is 0.272 e. The monoisotopic (exact) mass is 378 g/mol. The van der Waals surface area contributed by atoms with Crippen LogP contribution >= 0.6 is 11.6 Å². The molecule has 0 bridgehead atoms. The highest BCUT2D eigenvalue weighted by Crippen LogP contribution is 2.22. The van der Waals surface area contributed by atoms with Crippen LogP contribution in [0.4, 0.5) is 11.6 Å². The Bertz CT molecular complexity index is 1000. The summed E-state index contributed by atoms with van der Waals surface area (Å²) in [4.78, 5) is 23.7. The van der Waals surface area contributed by atoms with Crippen molar-refractivity contribution in [1.29, 1.82) is 0 Å². The van der Waals surface area contributed by atoms with E-state index in [4.69, 9.17) is 11.6 Å². The first-order valence-corrected chi connectivity index (χ1v) is 9.20. The molecule has 0 atom stereocenters. The van der Waals surface area contributed by atoms with Crippen LogP contribution in [0.3, 0.4) is 0 Å². The van der Waals surface area contributed by atoms with Gasteiger partial charge in [0.1, 0.15) is 5.69 Å². The Balaban J connectivity index is 1.57. The first-order chi connectivity index (χ1) is 13.1. The largest absolute Gasteiger partial charge is 0.333 e. The molecule has 4 rings (SSSR count). The van der Waals surface area contributed by atoms with Gasteiger partial charge in [-0.1, -0.05) is 41.9 Å². The number of amides is 1. The molecule has 0 saturated carbocycles. The topological polar surface area (TPSA) is 58.1 Å². The molecule has 0 radical (unpaired) electrons. The van der Waals surface area contributed by atoms with Crippen molar-refractivity contribution in [2.75, 3.05) is 11.9 Å². The fraction of sp³-hybridized carbons (Fsp3) is 0.190. The molecule has 136 valence electrons. The van der Waals surface area contributed by atoms with Gasteiger partial charge in [-0.25, -0.2) is 9.97 Å². The number of carbonyl (C=O) groups excluding carboxylic acids is 1. The van der Waals surface area contributed by atoms with Gasteiger partial charge in [0, 0.05) is 29.5 Å². The van der Waals surface area contributed by atoms with Crippen LogP contribution in [-0.4, -0.2) is 27.3 Å². The Morgan fingerprint density at radius 1 is 1.07 bits per heavy atom. The molecule has 3 aromatic rings. The van der Waals surface area contributed by atoms with E-state index in [9.17, 15) is 4.79 Å². The van der Waals surface area contributed by atoms with Crippen LogP contribution in [0.1, 0.15) is 27.3 Å². The number of nitrogens with zero attached hydrogens (tertiary/aromatic N) is 3. The van der Waals surface area contributed by atoms with E-state index in [-0.39, 0.29) is 5.91 Å². The second-order valence-corrected chi connectivity index (χ2v) is 7.04. The lowest BCUT2D eigenvalue weighted by Gasteiger charge is -2.28. The number of hydrogen-bond donors (Lipinski definition) is 1. The Morgan fingerprint density at radius 3 is 2.70 bits per heavy atom. The number of benzene rings is 2. The lowest BCUT2D eigenvalue weighted by Crippen LogP contribution is -2.36. The van der Waals surface area contributed by atoms with E-state index in [1.54, 1.807) is 18.2 Å². The number of halogens is 1. The molecule has 6 heteroatoms. The normalized spacial score (nSPS) is 13.2. The van der Waals surface area contributed by atoms with Crippen molar-refractivity contribution in [3.63, 3.8) is 0 Å². The Kier molecular flexibility index (Phi) is 4.77. The van der Waals surface area contributed by atoms with Crippen LogP contribution in [0.15, 0.2) is 54.6 Å². The van der Waals surface area contributed by atoms with E-state index >= 15 is 0 Å². The molecule has 1 N–H and O–H groups in total. The van der Waals surface area contributed by atoms with Gasteiger partial charge < -0.3 is 10.2 Å². The van der Waals surface area contributed by atoms with Crippen molar-refractivity contribution >= 4 is 29.1 Å². The summed E-state index contributed by atoms with van der Waals surface area (Å²) in [7, 11) is 0. The molecule has 0 fully saturated rings. The van der Waals surface area contributed by atoms with E-state index < -0.39 is 0 Å². The summed E-state index contributed by atoms with van der Waals surface area (Å²) in [5.74, 6) is 0.308. The summed E-state index contributed by atoms with van der Waals surface area (Å²) < 4.78 is 0. The second-order valence-electron chi connectivity index (χ2n) is 6.60. The van der Waals surface area contributed by atoms with Gasteiger partial charge in [-0.15, -0.1) is 0 Å². The molecule has 1 amide bonds. The molecule has 2 heterocycles. The molecule has 1 aliphatic rings. The van der Waals surface area contributed by atoms with Gasteiger partial charge in [-0.05, 0) is 48.7 Å². The summed E-state index contributed by atoms with van der Waals surface area (Å²) in [5.41, 5.74) is 4.41. The summed E-state index contributed by atoms with van der Waals surface area (Å²) in [6.07, 6.45) is 0.861. The Labute approximate surface area is 163 Å². The van der Waals surface area contributed by atoms with E-state index in [0.29, 0.717) is 29.8 Å². The van der Waals surface area contributed by atoms with Gasteiger partial charge in [0.05, 0.1) is 0 Å². The molecule has 0 unspecified atom stereocenters.